The van der Waals surface area contributed by atoms with Crippen LogP contribution in [-0.4, -0.2) is 29.4 Å². The molecule has 1 saturated carbocycles. The van der Waals surface area contributed by atoms with Crippen LogP contribution in [-0.2, 0) is 11.3 Å². The van der Waals surface area contributed by atoms with Gasteiger partial charge in [0, 0.05) is 36.6 Å². The van der Waals surface area contributed by atoms with E-state index in [-0.39, 0.29) is 11.9 Å². The maximum atomic E-state index is 12.3. The van der Waals surface area contributed by atoms with Crippen LogP contribution >= 0.6 is 11.6 Å². The number of benzene rings is 1. The predicted octanol–water partition coefficient (Wildman–Crippen LogP) is 3.22. The van der Waals surface area contributed by atoms with Crippen molar-refractivity contribution in [3.63, 3.8) is 0 Å². The fourth-order valence-electron chi connectivity index (χ4n) is 2.21. The fraction of sp³-hybridized carbons (Fsp3) is 0.562. The van der Waals surface area contributed by atoms with Gasteiger partial charge in [-0.05, 0) is 44.4 Å². The van der Waals surface area contributed by atoms with Gasteiger partial charge in [-0.15, -0.1) is 0 Å². The summed E-state index contributed by atoms with van der Waals surface area (Å²) in [7, 11) is 0. The van der Waals surface area contributed by atoms with E-state index < -0.39 is 0 Å². The summed E-state index contributed by atoms with van der Waals surface area (Å²) in [6.45, 7) is 5.51. The quantitative estimate of drug-likeness (QED) is 0.837. The molecule has 0 unspecified atom stereocenters. The summed E-state index contributed by atoms with van der Waals surface area (Å²) >= 11 is 6.00. The number of halogens is 1. The van der Waals surface area contributed by atoms with Crippen molar-refractivity contribution in [1.82, 2.24) is 10.2 Å². The summed E-state index contributed by atoms with van der Waals surface area (Å²) in [6.07, 6.45) is 3.07. The number of hydrogen-bond donors (Lipinski definition) is 1. The second-order valence-corrected chi connectivity index (χ2v) is 6.16. The van der Waals surface area contributed by atoms with Crippen LogP contribution in [0, 0.1) is 0 Å². The number of amides is 1. The number of hydrogen-bond acceptors (Lipinski definition) is 2. The van der Waals surface area contributed by atoms with Gasteiger partial charge in [-0.1, -0.05) is 23.7 Å². The van der Waals surface area contributed by atoms with E-state index in [2.05, 4.69) is 19.2 Å². The highest BCUT2D eigenvalue weighted by molar-refractivity contribution is 6.30. The van der Waals surface area contributed by atoms with Crippen LogP contribution in [0.4, 0.5) is 0 Å². The SMILES string of the molecule is CC(C)N(Cc1cccc(Cl)c1)C(=O)CCNC1CC1. The first-order valence-electron chi connectivity index (χ1n) is 7.33. The molecule has 0 aliphatic heterocycles. The molecule has 0 spiro atoms. The predicted molar refractivity (Wildman–Crippen MR) is 82.8 cm³/mol. The summed E-state index contributed by atoms with van der Waals surface area (Å²) < 4.78 is 0. The van der Waals surface area contributed by atoms with Crippen molar-refractivity contribution < 1.29 is 4.79 Å². The van der Waals surface area contributed by atoms with E-state index in [0.717, 1.165) is 12.1 Å². The van der Waals surface area contributed by atoms with Gasteiger partial charge in [0.2, 0.25) is 5.91 Å². The Morgan fingerprint density at radius 3 is 2.80 bits per heavy atom. The van der Waals surface area contributed by atoms with Gasteiger partial charge >= 0.3 is 0 Å². The first-order chi connectivity index (χ1) is 9.56. The second kappa shape index (κ2) is 7.09. The average molecular weight is 295 g/mol. The number of nitrogens with one attached hydrogen (secondary N) is 1. The van der Waals surface area contributed by atoms with Crippen LogP contribution in [0.2, 0.25) is 5.02 Å². The third-order valence-corrected chi connectivity index (χ3v) is 3.77. The molecular formula is C16H23ClN2O. The van der Waals surface area contributed by atoms with Crippen molar-refractivity contribution in [3.05, 3.63) is 34.9 Å². The van der Waals surface area contributed by atoms with E-state index in [0.29, 0.717) is 24.0 Å². The van der Waals surface area contributed by atoms with Gasteiger partial charge in [-0.3, -0.25) is 4.79 Å². The van der Waals surface area contributed by atoms with Crippen LogP contribution in [0.5, 0.6) is 0 Å². The fourth-order valence-corrected chi connectivity index (χ4v) is 2.42. The lowest BCUT2D eigenvalue weighted by atomic mass is 10.1. The molecule has 1 amide bonds. The maximum Gasteiger partial charge on any atom is 0.224 e. The highest BCUT2D eigenvalue weighted by atomic mass is 35.5. The van der Waals surface area contributed by atoms with Crippen molar-refractivity contribution in [3.8, 4) is 0 Å². The molecule has 1 aliphatic rings. The van der Waals surface area contributed by atoms with Crippen LogP contribution in [0.3, 0.4) is 0 Å². The summed E-state index contributed by atoms with van der Waals surface area (Å²) in [6, 6.07) is 8.57. The van der Waals surface area contributed by atoms with Gasteiger partial charge in [0.05, 0.1) is 0 Å². The molecule has 0 bridgehead atoms. The Labute approximate surface area is 126 Å². The van der Waals surface area contributed by atoms with Gasteiger partial charge in [0.25, 0.3) is 0 Å². The third-order valence-electron chi connectivity index (χ3n) is 3.53. The minimum absolute atomic E-state index is 0.197. The standard InChI is InChI=1S/C16H23ClN2O/c1-12(2)19(11-13-4-3-5-14(17)10-13)16(20)8-9-18-15-6-7-15/h3-5,10,12,15,18H,6-9,11H2,1-2H3. The molecule has 0 atom stereocenters. The van der Waals surface area contributed by atoms with Gasteiger partial charge in [0.15, 0.2) is 0 Å². The Kier molecular flexibility index (Phi) is 5.44. The Morgan fingerprint density at radius 1 is 1.45 bits per heavy atom. The number of carbonyl (C=O) groups excluding carboxylic acids is 1. The highest BCUT2D eigenvalue weighted by Crippen LogP contribution is 2.19. The normalized spacial score (nSPS) is 14.6. The second-order valence-electron chi connectivity index (χ2n) is 5.72. The molecule has 3 nitrogen and oxygen atoms in total. The maximum absolute atomic E-state index is 12.3. The summed E-state index contributed by atoms with van der Waals surface area (Å²) in [5.41, 5.74) is 1.08. The molecule has 1 aromatic carbocycles. The van der Waals surface area contributed by atoms with Gasteiger partial charge in [0.1, 0.15) is 0 Å². The minimum Gasteiger partial charge on any atom is -0.336 e. The lowest BCUT2D eigenvalue weighted by molar-refractivity contribution is -0.133. The molecular weight excluding hydrogens is 272 g/mol. The zero-order chi connectivity index (χ0) is 14.5. The zero-order valence-corrected chi connectivity index (χ0v) is 13.0. The summed E-state index contributed by atoms with van der Waals surface area (Å²) in [4.78, 5) is 14.2. The Balaban J connectivity index is 1.89. The molecule has 20 heavy (non-hydrogen) atoms. The molecule has 0 aromatic heterocycles. The molecule has 1 N–H and O–H groups in total. The number of rotatable bonds is 7. The van der Waals surface area contributed by atoms with Crippen molar-refractivity contribution in [2.75, 3.05) is 6.54 Å². The van der Waals surface area contributed by atoms with Crippen LogP contribution in [0.1, 0.15) is 38.7 Å². The zero-order valence-electron chi connectivity index (χ0n) is 12.2. The Hall–Kier alpha value is -1.06. The van der Waals surface area contributed by atoms with E-state index in [4.69, 9.17) is 11.6 Å². The number of nitrogens with zero attached hydrogens (tertiary/aromatic N) is 1. The van der Waals surface area contributed by atoms with E-state index in [1.807, 2.05) is 29.2 Å². The first-order valence-corrected chi connectivity index (χ1v) is 7.71. The lowest BCUT2D eigenvalue weighted by Crippen LogP contribution is -2.38. The van der Waals surface area contributed by atoms with Crippen LogP contribution < -0.4 is 5.32 Å². The molecule has 0 saturated heterocycles. The van der Waals surface area contributed by atoms with Crippen molar-refractivity contribution in [2.24, 2.45) is 0 Å². The first kappa shape index (κ1) is 15.3. The molecule has 0 radical (unpaired) electrons. The molecule has 4 heteroatoms. The monoisotopic (exact) mass is 294 g/mol. The van der Waals surface area contributed by atoms with Crippen molar-refractivity contribution >= 4 is 17.5 Å². The van der Waals surface area contributed by atoms with Gasteiger partial charge in [-0.2, -0.15) is 0 Å². The molecule has 110 valence electrons. The van der Waals surface area contributed by atoms with Gasteiger partial charge < -0.3 is 10.2 Å². The Bertz CT molecular complexity index is 458. The lowest BCUT2D eigenvalue weighted by Gasteiger charge is -2.27. The molecule has 2 rings (SSSR count). The largest absolute Gasteiger partial charge is 0.336 e. The molecule has 1 aliphatic carbocycles. The van der Waals surface area contributed by atoms with Gasteiger partial charge in [-0.25, -0.2) is 0 Å². The average Bonchev–Trinajstić information content (AvgIpc) is 3.19. The van der Waals surface area contributed by atoms with Crippen LogP contribution in [0.15, 0.2) is 24.3 Å². The Morgan fingerprint density at radius 2 is 2.20 bits per heavy atom. The minimum atomic E-state index is 0.197. The van der Waals surface area contributed by atoms with Crippen LogP contribution in [0.25, 0.3) is 0 Å². The van der Waals surface area contributed by atoms with E-state index >= 15 is 0 Å². The number of carbonyl (C=O) groups is 1. The van der Waals surface area contributed by atoms with E-state index in [9.17, 15) is 4.79 Å². The topological polar surface area (TPSA) is 32.3 Å². The van der Waals surface area contributed by atoms with Crippen molar-refractivity contribution in [2.45, 2.75) is 51.7 Å². The van der Waals surface area contributed by atoms with E-state index in [1.54, 1.807) is 0 Å². The third kappa shape index (κ3) is 4.80. The molecule has 1 fully saturated rings. The highest BCUT2D eigenvalue weighted by Gasteiger charge is 2.22. The summed E-state index contributed by atoms with van der Waals surface area (Å²) in [5, 5.41) is 4.10. The smallest absolute Gasteiger partial charge is 0.224 e. The molecule has 1 aromatic rings. The molecule has 0 heterocycles. The van der Waals surface area contributed by atoms with Crippen molar-refractivity contribution in [1.29, 1.82) is 0 Å². The summed E-state index contributed by atoms with van der Waals surface area (Å²) in [5.74, 6) is 0.202. The van der Waals surface area contributed by atoms with E-state index in [1.165, 1.54) is 12.8 Å².